The van der Waals surface area contributed by atoms with Crippen molar-refractivity contribution in [1.82, 2.24) is 10.6 Å². The molecule has 140 valence electrons. The molecule has 0 saturated carbocycles. The van der Waals surface area contributed by atoms with Crippen molar-refractivity contribution < 1.29 is 23.9 Å². The monoisotopic (exact) mass is 363 g/mol. The highest BCUT2D eigenvalue weighted by Crippen LogP contribution is 2.08. The van der Waals surface area contributed by atoms with Gasteiger partial charge in [-0.1, -0.05) is 12.1 Å². The largest absolute Gasteiger partial charge is 0.480 e. The van der Waals surface area contributed by atoms with E-state index in [0.717, 1.165) is 0 Å². The number of aliphatic carboxylic acids is 1. The van der Waals surface area contributed by atoms with Gasteiger partial charge in [0.05, 0.1) is 6.07 Å². The Morgan fingerprint density at radius 2 is 1.81 bits per heavy atom. The van der Waals surface area contributed by atoms with Crippen molar-refractivity contribution in [3.8, 4) is 6.07 Å². The number of hydrogen-bond acceptors (Lipinski definition) is 4. The Kier molecular flexibility index (Phi) is 8.78. The first-order valence-electron chi connectivity index (χ1n) is 8.25. The molecular formula is C18H22FN3O4. The van der Waals surface area contributed by atoms with E-state index in [2.05, 4.69) is 10.6 Å². The molecular weight excluding hydrogens is 341 g/mol. The second-order valence-electron chi connectivity index (χ2n) is 5.89. The predicted octanol–water partition coefficient (Wildman–Crippen LogP) is 1.53. The van der Waals surface area contributed by atoms with Crippen molar-refractivity contribution >= 4 is 17.8 Å². The molecule has 0 aromatic heterocycles. The molecule has 3 N–H and O–H groups in total. The lowest BCUT2D eigenvalue weighted by atomic mass is 10.0. The Hall–Kier alpha value is -2.95. The molecule has 0 aliphatic heterocycles. The third-order valence-electron chi connectivity index (χ3n) is 3.69. The van der Waals surface area contributed by atoms with Crippen LogP contribution in [0.15, 0.2) is 24.3 Å². The fraction of sp³-hybridized carbons (Fsp3) is 0.444. The summed E-state index contributed by atoms with van der Waals surface area (Å²) in [5.74, 6) is -2.67. The molecule has 1 aromatic carbocycles. The van der Waals surface area contributed by atoms with Crippen LogP contribution in [-0.4, -0.2) is 35.0 Å². The van der Waals surface area contributed by atoms with Crippen LogP contribution in [0, 0.1) is 17.1 Å². The van der Waals surface area contributed by atoms with Crippen LogP contribution in [0.1, 0.15) is 38.2 Å². The second-order valence-corrected chi connectivity index (χ2v) is 5.89. The molecule has 0 radical (unpaired) electrons. The van der Waals surface area contributed by atoms with Crippen LogP contribution in [0.2, 0.25) is 0 Å². The SMILES string of the molecule is CC(=O)N[C@H](Cc1ccc(F)cc1)C(=O)N[C@H](CCCCC#N)C(=O)O. The minimum atomic E-state index is -1.18. The van der Waals surface area contributed by atoms with E-state index >= 15 is 0 Å². The Bertz CT molecular complexity index is 670. The molecule has 0 aliphatic carbocycles. The second kappa shape index (κ2) is 10.8. The van der Waals surface area contributed by atoms with Crippen LogP contribution < -0.4 is 10.6 Å². The maximum atomic E-state index is 13.0. The fourth-order valence-electron chi connectivity index (χ4n) is 2.39. The summed E-state index contributed by atoms with van der Waals surface area (Å²) >= 11 is 0. The molecule has 1 aromatic rings. The van der Waals surface area contributed by atoms with Crippen molar-refractivity contribution in [2.75, 3.05) is 0 Å². The van der Waals surface area contributed by atoms with Gasteiger partial charge in [-0.05, 0) is 37.0 Å². The summed E-state index contributed by atoms with van der Waals surface area (Å²) in [6.45, 7) is 1.25. The van der Waals surface area contributed by atoms with E-state index in [1.807, 2.05) is 6.07 Å². The standard InChI is InChI=1S/C18H22FN3O4/c1-12(23)21-16(11-13-6-8-14(19)9-7-13)17(24)22-15(18(25)26)5-3-2-4-10-20/h6-9,15-16H,2-5,11H2,1H3,(H,21,23)(H,22,24)(H,25,26)/t15-,16-/m1/s1. The smallest absolute Gasteiger partial charge is 0.326 e. The molecule has 0 spiro atoms. The Morgan fingerprint density at radius 3 is 2.35 bits per heavy atom. The topological polar surface area (TPSA) is 119 Å². The number of amides is 2. The highest BCUT2D eigenvalue weighted by Gasteiger charge is 2.25. The van der Waals surface area contributed by atoms with Crippen molar-refractivity contribution in [2.45, 2.75) is 51.1 Å². The van der Waals surface area contributed by atoms with Crippen molar-refractivity contribution in [3.05, 3.63) is 35.6 Å². The van der Waals surface area contributed by atoms with E-state index in [1.165, 1.54) is 31.2 Å². The maximum Gasteiger partial charge on any atom is 0.326 e. The number of carboxylic acid groups (broad SMARTS) is 1. The van der Waals surface area contributed by atoms with E-state index in [1.54, 1.807) is 0 Å². The number of nitrogens with zero attached hydrogens (tertiary/aromatic N) is 1. The number of carboxylic acids is 1. The van der Waals surface area contributed by atoms with Gasteiger partial charge >= 0.3 is 5.97 Å². The lowest BCUT2D eigenvalue weighted by Gasteiger charge is -2.21. The fourth-order valence-corrected chi connectivity index (χ4v) is 2.39. The molecule has 0 aliphatic rings. The molecule has 0 bridgehead atoms. The summed E-state index contributed by atoms with van der Waals surface area (Å²) in [4.78, 5) is 35.1. The number of nitrogens with one attached hydrogen (secondary N) is 2. The zero-order valence-corrected chi connectivity index (χ0v) is 14.5. The molecule has 0 fully saturated rings. The Labute approximate surface area is 151 Å². The van der Waals surface area contributed by atoms with Crippen LogP contribution >= 0.6 is 0 Å². The first-order chi connectivity index (χ1) is 12.3. The molecule has 2 atom stereocenters. The molecule has 7 nitrogen and oxygen atoms in total. The number of unbranched alkanes of at least 4 members (excludes halogenated alkanes) is 2. The number of nitriles is 1. The number of rotatable bonds is 10. The van der Waals surface area contributed by atoms with E-state index in [-0.39, 0.29) is 12.8 Å². The minimum Gasteiger partial charge on any atom is -0.480 e. The summed E-state index contributed by atoms with van der Waals surface area (Å²) in [5, 5.41) is 22.7. The Morgan fingerprint density at radius 1 is 1.15 bits per heavy atom. The maximum absolute atomic E-state index is 13.0. The third-order valence-corrected chi connectivity index (χ3v) is 3.69. The van der Waals surface area contributed by atoms with Gasteiger partial charge in [-0.2, -0.15) is 5.26 Å². The predicted molar refractivity (Wildman–Crippen MR) is 91.4 cm³/mol. The van der Waals surface area contributed by atoms with Gasteiger partial charge in [0.25, 0.3) is 0 Å². The van der Waals surface area contributed by atoms with Crippen LogP contribution in [0.4, 0.5) is 4.39 Å². The van der Waals surface area contributed by atoms with Crippen LogP contribution in [-0.2, 0) is 20.8 Å². The zero-order valence-electron chi connectivity index (χ0n) is 14.5. The lowest BCUT2D eigenvalue weighted by Crippen LogP contribution is -2.52. The van der Waals surface area contributed by atoms with Gasteiger partial charge in [-0.25, -0.2) is 9.18 Å². The van der Waals surface area contributed by atoms with Crippen LogP contribution in [0.5, 0.6) is 0 Å². The summed E-state index contributed by atoms with van der Waals surface area (Å²) in [6, 6.07) is 5.37. The first-order valence-corrected chi connectivity index (χ1v) is 8.25. The molecule has 2 amide bonds. The van der Waals surface area contributed by atoms with Gasteiger partial charge in [0, 0.05) is 19.8 Å². The van der Waals surface area contributed by atoms with Crippen LogP contribution in [0.3, 0.4) is 0 Å². The first kappa shape index (κ1) is 21.1. The highest BCUT2D eigenvalue weighted by molar-refractivity contribution is 5.90. The van der Waals surface area contributed by atoms with E-state index in [4.69, 9.17) is 5.26 Å². The minimum absolute atomic E-state index is 0.104. The zero-order chi connectivity index (χ0) is 19.5. The number of hydrogen-bond donors (Lipinski definition) is 3. The number of carbonyl (C=O) groups excluding carboxylic acids is 2. The third kappa shape index (κ3) is 7.75. The lowest BCUT2D eigenvalue weighted by molar-refractivity contribution is -0.142. The molecule has 1 rings (SSSR count). The summed E-state index contributed by atoms with van der Waals surface area (Å²) in [7, 11) is 0. The quantitative estimate of drug-likeness (QED) is 0.545. The summed E-state index contributed by atoms with van der Waals surface area (Å²) in [6.07, 6.45) is 1.63. The van der Waals surface area contributed by atoms with Gasteiger partial charge in [0.1, 0.15) is 17.9 Å². The van der Waals surface area contributed by atoms with Crippen molar-refractivity contribution in [2.24, 2.45) is 0 Å². The average molecular weight is 363 g/mol. The summed E-state index contributed by atoms with van der Waals surface area (Å²) in [5.41, 5.74) is 0.626. The molecule has 8 heteroatoms. The van der Waals surface area contributed by atoms with Gasteiger partial charge in [-0.15, -0.1) is 0 Å². The van der Waals surface area contributed by atoms with Crippen molar-refractivity contribution in [1.29, 1.82) is 5.26 Å². The molecule has 0 unspecified atom stereocenters. The van der Waals surface area contributed by atoms with Crippen LogP contribution in [0.25, 0.3) is 0 Å². The van der Waals surface area contributed by atoms with E-state index in [0.29, 0.717) is 24.8 Å². The van der Waals surface area contributed by atoms with Gasteiger partial charge < -0.3 is 15.7 Å². The highest BCUT2D eigenvalue weighted by atomic mass is 19.1. The summed E-state index contributed by atoms with van der Waals surface area (Å²) < 4.78 is 13.0. The van der Waals surface area contributed by atoms with Gasteiger partial charge in [0.2, 0.25) is 11.8 Å². The normalized spacial score (nSPS) is 12.5. The molecule has 26 heavy (non-hydrogen) atoms. The van der Waals surface area contributed by atoms with Crippen molar-refractivity contribution in [3.63, 3.8) is 0 Å². The number of halogens is 1. The van der Waals surface area contributed by atoms with E-state index < -0.39 is 35.7 Å². The molecule has 0 saturated heterocycles. The Balaban J connectivity index is 2.76. The van der Waals surface area contributed by atoms with Gasteiger partial charge in [0.15, 0.2) is 0 Å². The van der Waals surface area contributed by atoms with E-state index in [9.17, 15) is 23.9 Å². The number of carbonyl (C=O) groups is 3. The number of benzene rings is 1. The van der Waals surface area contributed by atoms with Gasteiger partial charge in [-0.3, -0.25) is 9.59 Å². The molecule has 0 heterocycles. The average Bonchev–Trinajstić information content (AvgIpc) is 2.58.